The Balaban J connectivity index is 2.01. The maximum atomic E-state index is 14.1. The minimum atomic E-state index is -2.42. The highest BCUT2D eigenvalue weighted by atomic mass is 16.6. The van der Waals surface area contributed by atoms with Crippen LogP contribution >= 0.6 is 0 Å². The van der Waals surface area contributed by atoms with Crippen molar-refractivity contribution in [2.24, 2.45) is 71.6 Å². The number of carbonyl (C=O) groups is 6. The molecule has 6 unspecified atom stereocenters. The van der Waals surface area contributed by atoms with Crippen LogP contribution in [0.3, 0.4) is 0 Å². The molecule has 3 aromatic rings. The Hall–Kier alpha value is -10.1. The molecule has 33 nitrogen and oxygen atoms in total. The van der Waals surface area contributed by atoms with Gasteiger partial charge in [-0.15, -0.1) is 0 Å². The fourth-order valence-electron chi connectivity index (χ4n) is 5.51. The standard InChI is InChI=1S/C35H45N21O12/c36-21(58)22(50-32(37)38)46-27(60)24(52-34(41)42)48-29(62)25(53-35(43)44)49-28(61)23(51-33(39)40)47-26(59)20(15-4-2-1-3-5-15)45-30(63)31(64)54(13-14-6-9-17(57)10-7-14)18-11-8-16(55(65)66)12-19(18)56(67)68/h1-12,20,22-25,31,57,64H,13H2,(H2,36,58)(H,45,63)(H,46,60)(H,47,59)(H,48,62)(H,49,61)(H4,37,38,50)(H4,39,40,51)(H4,41,42,52)(H4,43,44,53). The summed E-state index contributed by atoms with van der Waals surface area (Å²) < 4.78 is 0. The molecule has 68 heavy (non-hydrogen) atoms. The maximum Gasteiger partial charge on any atom is 0.299 e. The molecule has 362 valence electrons. The van der Waals surface area contributed by atoms with E-state index >= 15 is 0 Å². The van der Waals surface area contributed by atoms with Gasteiger partial charge in [-0.3, -0.25) is 49.0 Å². The van der Waals surface area contributed by atoms with Crippen molar-refractivity contribution in [1.82, 2.24) is 26.6 Å². The van der Waals surface area contributed by atoms with E-state index in [1.54, 1.807) is 0 Å². The number of guanidine groups is 4. The van der Waals surface area contributed by atoms with Gasteiger partial charge in [-0.25, -0.2) is 20.0 Å². The number of nitrogens with one attached hydrogen (secondary N) is 5. The second-order valence-corrected chi connectivity index (χ2v) is 13.5. The number of amides is 6. The number of anilines is 1. The molecule has 0 radical (unpaired) electrons. The summed E-state index contributed by atoms with van der Waals surface area (Å²) in [5.41, 5.74) is 46.7. The number of phenolic OH excluding ortho intramolecular Hbond substituents is 1. The zero-order valence-electron chi connectivity index (χ0n) is 34.9. The fraction of sp³-hybridized carbons (Fsp3) is 0.200. The van der Waals surface area contributed by atoms with Crippen LogP contribution in [0, 0.1) is 20.2 Å². The van der Waals surface area contributed by atoms with Crippen molar-refractivity contribution in [2.75, 3.05) is 4.90 Å². The Morgan fingerprint density at radius 3 is 1.44 bits per heavy atom. The molecule has 0 aliphatic carbocycles. The lowest BCUT2D eigenvalue weighted by atomic mass is 10.1. The lowest BCUT2D eigenvalue weighted by molar-refractivity contribution is -0.393. The van der Waals surface area contributed by atoms with Crippen molar-refractivity contribution >= 4 is 76.3 Å². The highest BCUT2D eigenvalue weighted by molar-refractivity contribution is 5.99. The lowest BCUT2D eigenvalue weighted by Crippen LogP contribution is -2.58. The molecule has 6 atom stereocenters. The molecule has 33 heteroatoms. The van der Waals surface area contributed by atoms with Gasteiger partial charge in [-0.1, -0.05) is 42.5 Å². The van der Waals surface area contributed by atoms with Crippen LogP contribution in [0.5, 0.6) is 5.75 Å². The van der Waals surface area contributed by atoms with E-state index in [0.29, 0.717) is 6.07 Å². The zero-order chi connectivity index (χ0) is 51.0. The molecule has 0 spiro atoms. The van der Waals surface area contributed by atoms with Crippen molar-refractivity contribution in [3.8, 4) is 5.75 Å². The fourth-order valence-corrected chi connectivity index (χ4v) is 5.51. The average Bonchev–Trinajstić information content (AvgIpc) is 3.25. The van der Waals surface area contributed by atoms with Gasteiger partial charge in [0.05, 0.1) is 15.9 Å². The summed E-state index contributed by atoms with van der Waals surface area (Å²) >= 11 is 0. The Morgan fingerprint density at radius 1 is 0.574 bits per heavy atom. The van der Waals surface area contributed by atoms with E-state index in [0.717, 1.165) is 17.0 Å². The molecule has 0 aliphatic heterocycles. The van der Waals surface area contributed by atoms with Gasteiger partial charge in [0.15, 0.2) is 23.8 Å². The van der Waals surface area contributed by atoms with Crippen LogP contribution < -0.4 is 83.1 Å². The SMILES string of the molecule is NC(=O)C(N=C(N)N)NC(=O)C(N=C(N)N)NC(=O)C(N=C(N)N)NC(=O)C(N=C(N)N)NC(=O)C(NC(=O)C(O)N(Cc1ccc(O)cc1)c1ccc([N+](=O)[O-])cc1[N+](=O)[O-])c1ccccc1. The predicted molar refractivity (Wildman–Crippen MR) is 238 cm³/mol. The quantitative estimate of drug-likeness (QED) is 0.0146. The number of nitrogens with two attached hydrogens (primary N) is 9. The van der Waals surface area contributed by atoms with E-state index in [1.165, 1.54) is 54.6 Å². The number of hydrogen-bond acceptors (Lipinski definition) is 17. The highest BCUT2D eigenvalue weighted by Crippen LogP contribution is 2.34. The average molecular weight is 952 g/mol. The first-order chi connectivity index (χ1) is 31.9. The molecule has 0 saturated heterocycles. The number of primary amides is 1. The van der Waals surface area contributed by atoms with Gasteiger partial charge in [0.2, 0.25) is 36.8 Å². The second kappa shape index (κ2) is 23.6. The second-order valence-electron chi connectivity index (χ2n) is 13.5. The summed E-state index contributed by atoms with van der Waals surface area (Å²) in [6, 6.07) is 12.7. The molecule has 0 saturated carbocycles. The van der Waals surface area contributed by atoms with E-state index in [4.69, 9.17) is 51.6 Å². The minimum absolute atomic E-state index is 0.0129. The van der Waals surface area contributed by atoms with Crippen LogP contribution in [0.25, 0.3) is 0 Å². The predicted octanol–water partition coefficient (Wildman–Crippen LogP) is -7.26. The summed E-state index contributed by atoms with van der Waals surface area (Å²) in [5.74, 6) is -11.6. The van der Waals surface area contributed by atoms with Gasteiger partial charge in [0.1, 0.15) is 17.5 Å². The number of benzene rings is 3. The van der Waals surface area contributed by atoms with E-state index in [1.807, 2.05) is 16.0 Å². The Kier molecular flexibility index (Phi) is 18.1. The normalized spacial score (nSPS) is 13.1. The van der Waals surface area contributed by atoms with Crippen LogP contribution in [0.1, 0.15) is 17.2 Å². The third-order valence-corrected chi connectivity index (χ3v) is 8.42. The van der Waals surface area contributed by atoms with Gasteiger partial charge in [0, 0.05) is 12.6 Å². The summed E-state index contributed by atoms with van der Waals surface area (Å²) in [7, 11) is 0. The number of hydrogen-bond donors (Lipinski definition) is 16. The number of nitro groups is 2. The number of aliphatic hydroxyl groups is 1. The van der Waals surface area contributed by atoms with E-state index in [9.17, 15) is 59.2 Å². The Bertz CT molecular complexity index is 2510. The van der Waals surface area contributed by atoms with Gasteiger partial charge in [0.25, 0.3) is 40.9 Å². The van der Waals surface area contributed by atoms with Crippen molar-refractivity contribution < 1.29 is 48.8 Å². The number of nitro benzene ring substituents is 2. The number of non-ortho nitro benzene ring substituents is 1. The molecule has 0 aliphatic rings. The highest BCUT2D eigenvalue weighted by Gasteiger charge is 2.36. The van der Waals surface area contributed by atoms with Crippen molar-refractivity contribution in [2.45, 2.75) is 43.5 Å². The van der Waals surface area contributed by atoms with Crippen LogP contribution in [0.15, 0.2) is 92.8 Å². The maximum absolute atomic E-state index is 14.1. The molecule has 3 rings (SSSR count). The number of carbonyl (C=O) groups excluding carboxylic acids is 6. The van der Waals surface area contributed by atoms with E-state index in [-0.39, 0.29) is 16.9 Å². The zero-order valence-corrected chi connectivity index (χ0v) is 34.9. The number of aliphatic imine (C=N–C) groups is 4. The molecule has 0 fully saturated rings. The van der Waals surface area contributed by atoms with Crippen LogP contribution in [0.4, 0.5) is 17.1 Å². The van der Waals surface area contributed by atoms with Crippen LogP contribution in [0.2, 0.25) is 0 Å². The topological polar surface area (TPSA) is 576 Å². The monoisotopic (exact) mass is 951 g/mol. The first kappa shape index (κ1) is 52.3. The number of aliphatic hydroxyl groups excluding tert-OH is 1. The van der Waals surface area contributed by atoms with Crippen molar-refractivity contribution in [1.29, 1.82) is 0 Å². The summed E-state index contributed by atoms with van der Waals surface area (Å²) in [6.45, 7) is -0.504. The number of rotatable bonds is 22. The van der Waals surface area contributed by atoms with Crippen LogP contribution in [-0.2, 0) is 35.3 Å². The molecule has 0 aromatic heterocycles. The summed E-state index contributed by atoms with van der Waals surface area (Å²) in [4.78, 5) is 117. The number of phenols is 1. The molecule has 25 N–H and O–H groups in total. The Labute approximate surface area is 381 Å². The van der Waals surface area contributed by atoms with Gasteiger partial charge >= 0.3 is 0 Å². The molecule has 0 bridgehead atoms. The first-order valence-corrected chi connectivity index (χ1v) is 18.7. The van der Waals surface area contributed by atoms with Crippen molar-refractivity contribution in [3.63, 3.8) is 0 Å². The number of aromatic hydroxyl groups is 1. The van der Waals surface area contributed by atoms with Crippen molar-refractivity contribution in [3.05, 3.63) is 104 Å². The third-order valence-electron chi connectivity index (χ3n) is 8.42. The summed E-state index contributed by atoms with van der Waals surface area (Å²) in [6.07, 6.45) is -10.9. The van der Waals surface area contributed by atoms with Gasteiger partial charge in [-0.05, 0) is 29.3 Å². The largest absolute Gasteiger partial charge is 0.508 e. The molecular formula is C35H45N21O12. The first-order valence-electron chi connectivity index (χ1n) is 18.7. The smallest absolute Gasteiger partial charge is 0.299 e. The number of nitrogens with zero attached hydrogens (tertiary/aromatic N) is 7. The third kappa shape index (κ3) is 15.3. The van der Waals surface area contributed by atoms with Gasteiger partial charge in [-0.2, -0.15) is 0 Å². The van der Waals surface area contributed by atoms with Crippen LogP contribution in [-0.4, -0.2) is 110 Å². The molecule has 3 aromatic carbocycles. The Morgan fingerprint density at radius 2 is 1.01 bits per heavy atom. The molecular weight excluding hydrogens is 907 g/mol. The van der Waals surface area contributed by atoms with E-state index < -0.39 is 130 Å². The van der Waals surface area contributed by atoms with E-state index in [2.05, 4.69) is 30.6 Å². The molecule has 0 heterocycles. The minimum Gasteiger partial charge on any atom is -0.508 e. The summed E-state index contributed by atoms with van der Waals surface area (Å²) in [5, 5.41) is 55.4. The molecule has 6 amide bonds. The van der Waals surface area contributed by atoms with Gasteiger partial charge < -0.3 is 93.3 Å². The lowest BCUT2D eigenvalue weighted by Gasteiger charge is -2.30.